The van der Waals surface area contributed by atoms with Crippen LogP contribution in [0.15, 0.2) is 64.4 Å². The molecular weight excluding hydrogens is 507 g/mol. The van der Waals surface area contributed by atoms with Gasteiger partial charge in [-0.25, -0.2) is 0 Å². The van der Waals surface area contributed by atoms with Gasteiger partial charge in [-0.1, -0.05) is 24.3 Å². The third kappa shape index (κ3) is 8.45. The van der Waals surface area contributed by atoms with E-state index in [1.807, 2.05) is 43.3 Å². The molecule has 0 bridgehead atoms. The minimum Gasteiger partial charge on any atom is -0.506 e. The third-order valence-corrected chi connectivity index (χ3v) is 5.07. The van der Waals surface area contributed by atoms with Gasteiger partial charge in [0.2, 0.25) is 0 Å². The Morgan fingerprint density at radius 2 is 1.79 bits per heavy atom. The summed E-state index contributed by atoms with van der Waals surface area (Å²) in [6.45, 7) is 4.13. The summed E-state index contributed by atoms with van der Waals surface area (Å²) >= 11 is 1.59. The van der Waals surface area contributed by atoms with Crippen LogP contribution in [0, 0.1) is 65.1 Å². The summed E-state index contributed by atoms with van der Waals surface area (Å²) in [6, 6.07) is 14.4. The van der Waals surface area contributed by atoms with E-state index < -0.39 is 0 Å². The first-order valence-corrected chi connectivity index (χ1v) is 10.0. The number of thioether (sulfide) groups is 1. The number of benzene rings is 2. The Labute approximate surface area is 210 Å². The Morgan fingerprint density at radius 3 is 2.41 bits per heavy atom. The fourth-order valence-corrected chi connectivity index (χ4v) is 3.46. The first-order valence-electron chi connectivity index (χ1n) is 9.20. The van der Waals surface area contributed by atoms with Crippen molar-refractivity contribution in [3.05, 3.63) is 76.7 Å². The molecule has 0 heterocycles. The van der Waals surface area contributed by atoms with Crippen LogP contribution >= 0.6 is 11.8 Å². The fraction of sp³-hybridized carbons (Fsp3) is 0.217. The van der Waals surface area contributed by atoms with Gasteiger partial charge in [0, 0.05) is 46.2 Å². The van der Waals surface area contributed by atoms with Gasteiger partial charge in [0.15, 0.2) is 0 Å². The van der Waals surface area contributed by atoms with E-state index in [9.17, 15) is 5.11 Å². The first kappa shape index (κ1) is 25.6. The molecule has 0 amide bonds. The van der Waals surface area contributed by atoms with Crippen molar-refractivity contribution in [2.45, 2.75) is 38.0 Å². The number of unbranched alkanes of at least 4 members (excludes halogenated alkanes) is 1. The van der Waals surface area contributed by atoms with Crippen LogP contribution in [0.4, 0.5) is 5.69 Å². The molecule has 0 spiro atoms. The molecule has 0 aliphatic heterocycles. The number of hydrogen-bond acceptors (Lipinski definition) is 5. The average Bonchev–Trinajstić information content (AvgIpc) is 2.68. The summed E-state index contributed by atoms with van der Waals surface area (Å²) in [5, 5.41) is 24.5. The topological polar surface area (TPSA) is 93.9 Å². The monoisotopic (exact) mass is 533 g/mol. The second-order valence-corrected chi connectivity index (χ2v) is 7.66. The summed E-state index contributed by atoms with van der Waals surface area (Å²) in [5.41, 5.74) is 8.75. The molecule has 0 fully saturated rings. The molecule has 5 N–H and O–H groups in total. The Hall–Kier alpha value is -1.43. The van der Waals surface area contributed by atoms with Crippen LogP contribution in [0.5, 0.6) is 5.75 Å². The van der Waals surface area contributed by atoms with Crippen molar-refractivity contribution < 1.29 is 46.4 Å². The summed E-state index contributed by atoms with van der Waals surface area (Å²) in [5.74, 6) is 0.263. The molecule has 0 aromatic heterocycles. The number of phenolic OH excluding ortho intramolecular Hbond substituents is 1. The Bertz CT molecular complexity index is 908. The van der Waals surface area contributed by atoms with E-state index in [1.54, 1.807) is 30.0 Å². The van der Waals surface area contributed by atoms with Crippen LogP contribution in [0.25, 0.3) is 0 Å². The van der Waals surface area contributed by atoms with Crippen LogP contribution in [0.3, 0.4) is 0 Å². The summed E-state index contributed by atoms with van der Waals surface area (Å²) in [6.07, 6.45) is 8.36. The van der Waals surface area contributed by atoms with Gasteiger partial charge in [0.1, 0.15) is 5.75 Å². The summed E-state index contributed by atoms with van der Waals surface area (Å²) < 4.78 is 0. The summed E-state index contributed by atoms with van der Waals surface area (Å²) in [7, 11) is 0. The molecule has 2 aromatic carbocycles. The number of hydrogen-bond donors (Lipinski definition) is 4. The van der Waals surface area contributed by atoms with Gasteiger partial charge >= 0.3 is 0 Å². The smallest absolute Gasteiger partial charge is 0.141 e. The maximum Gasteiger partial charge on any atom is 0.141 e. The van der Waals surface area contributed by atoms with E-state index >= 15 is 0 Å². The normalized spacial score (nSPS) is 12.6. The first-order chi connectivity index (χ1) is 13.4. The molecule has 0 saturated carbocycles. The van der Waals surface area contributed by atoms with Crippen LogP contribution < -0.4 is 5.73 Å². The molecule has 149 valence electrons. The van der Waals surface area contributed by atoms with Crippen molar-refractivity contribution in [3.8, 4) is 5.75 Å². The average molecular weight is 533 g/mol. The standard InChI is InChI=1S/C12H9N2S.C11H17NO.Pr/c13-11-7-6-10(8-12(11)14)15-9-4-2-1-3-5-9;1-3-4-5-9-6-8(2)7-10(12)11(9)13;/h2-8,13-14H;6-7,13H,3-5,12H2,1-2H3;/q-1;;. The molecular formula is C23H26N3OPrS-. The van der Waals surface area contributed by atoms with E-state index in [0.717, 1.165) is 40.2 Å². The number of aryl methyl sites for hydroxylation is 2. The SMILES string of the molecule is CCCCc1cc(C)cc(N)c1O.N=C1C=CC(Sc2cc[c-]cc2)=CC1=N.[Pr]. The van der Waals surface area contributed by atoms with Crippen molar-refractivity contribution in [2.24, 2.45) is 0 Å². The molecule has 0 unspecified atom stereocenters. The molecule has 4 nitrogen and oxygen atoms in total. The number of nitrogens with two attached hydrogens (primary N) is 1. The maximum absolute atomic E-state index is 9.62. The van der Waals surface area contributed by atoms with Crippen LogP contribution in [-0.4, -0.2) is 16.5 Å². The predicted octanol–water partition coefficient (Wildman–Crippen LogP) is 5.70. The zero-order chi connectivity index (χ0) is 20.5. The van der Waals surface area contributed by atoms with Gasteiger partial charge in [-0.05, 0) is 55.2 Å². The largest absolute Gasteiger partial charge is 0.506 e. The Balaban J connectivity index is 0.000000284. The van der Waals surface area contributed by atoms with E-state index in [-0.39, 0.29) is 58.5 Å². The van der Waals surface area contributed by atoms with Crippen molar-refractivity contribution >= 4 is 28.9 Å². The minimum atomic E-state index is 0. The Kier molecular flexibility index (Phi) is 11.5. The minimum absolute atomic E-state index is 0. The molecule has 1 aliphatic rings. The second kappa shape index (κ2) is 13.0. The zero-order valence-electron chi connectivity index (χ0n) is 16.8. The number of anilines is 1. The van der Waals surface area contributed by atoms with Gasteiger partial charge in [-0.3, -0.25) is 10.8 Å². The molecule has 6 heteroatoms. The number of nitrogen functional groups attached to an aromatic ring is 1. The molecule has 3 rings (SSSR count). The second-order valence-electron chi connectivity index (χ2n) is 6.51. The van der Waals surface area contributed by atoms with Crippen molar-refractivity contribution in [1.29, 1.82) is 10.8 Å². The molecule has 0 atom stereocenters. The van der Waals surface area contributed by atoms with Gasteiger partial charge in [0.05, 0.1) is 17.1 Å². The molecule has 2 aromatic rings. The van der Waals surface area contributed by atoms with E-state index in [4.69, 9.17) is 16.6 Å². The summed E-state index contributed by atoms with van der Waals surface area (Å²) in [4.78, 5) is 2.10. The van der Waals surface area contributed by atoms with E-state index in [0.29, 0.717) is 5.69 Å². The molecule has 29 heavy (non-hydrogen) atoms. The van der Waals surface area contributed by atoms with Crippen molar-refractivity contribution in [1.82, 2.24) is 0 Å². The van der Waals surface area contributed by atoms with Crippen molar-refractivity contribution in [2.75, 3.05) is 5.73 Å². The number of phenols is 1. The van der Waals surface area contributed by atoms with E-state index in [2.05, 4.69) is 13.0 Å². The maximum atomic E-state index is 9.62. The number of aromatic hydroxyl groups is 1. The number of nitrogens with one attached hydrogen (secondary N) is 2. The third-order valence-electron chi connectivity index (χ3n) is 4.08. The van der Waals surface area contributed by atoms with Gasteiger partial charge < -0.3 is 10.8 Å². The molecule has 1 radical (unpaired) electrons. The predicted molar refractivity (Wildman–Crippen MR) is 120 cm³/mol. The van der Waals surface area contributed by atoms with Crippen molar-refractivity contribution in [3.63, 3.8) is 0 Å². The van der Waals surface area contributed by atoms with Gasteiger partial charge in [-0.15, -0.1) is 11.8 Å². The number of allylic oxidation sites excluding steroid dienone is 3. The molecule has 1 aliphatic carbocycles. The van der Waals surface area contributed by atoms with Crippen LogP contribution in [0.2, 0.25) is 0 Å². The van der Waals surface area contributed by atoms with E-state index in [1.165, 1.54) is 0 Å². The van der Waals surface area contributed by atoms with Crippen LogP contribution in [-0.2, 0) is 6.42 Å². The van der Waals surface area contributed by atoms with Crippen LogP contribution in [0.1, 0.15) is 30.9 Å². The van der Waals surface area contributed by atoms with Gasteiger partial charge in [0.25, 0.3) is 0 Å². The number of rotatable bonds is 5. The fourth-order valence-electron chi connectivity index (χ4n) is 2.60. The van der Waals surface area contributed by atoms with Gasteiger partial charge in [-0.2, -0.15) is 30.3 Å². The quantitative estimate of drug-likeness (QED) is 0.172. The Morgan fingerprint density at radius 1 is 1.10 bits per heavy atom. The molecule has 0 saturated heterocycles. The zero-order valence-corrected chi connectivity index (χ0v) is 21.3.